The fraction of sp³-hybridized carbons (Fsp3) is 0.455. The van der Waals surface area contributed by atoms with Crippen molar-refractivity contribution in [2.75, 3.05) is 11.9 Å². The fourth-order valence-electron chi connectivity index (χ4n) is 1.70. The number of ether oxygens (including phenoxy) is 1. The van der Waals surface area contributed by atoms with Crippen LogP contribution in [0.2, 0.25) is 0 Å². The van der Waals surface area contributed by atoms with Crippen LogP contribution in [0.5, 0.6) is 0 Å². The van der Waals surface area contributed by atoms with E-state index in [-0.39, 0.29) is 5.72 Å². The van der Waals surface area contributed by atoms with Crippen molar-refractivity contribution >= 4 is 23.1 Å². The number of thiocarbonyl (C=S) groups is 1. The van der Waals surface area contributed by atoms with Crippen LogP contribution >= 0.6 is 12.2 Å². The summed E-state index contributed by atoms with van der Waals surface area (Å²) in [6.07, 6.45) is 3.76. The molecule has 0 radical (unpaired) electrons. The zero-order valence-corrected chi connectivity index (χ0v) is 10.0. The third-order valence-electron chi connectivity index (χ3n) is 2.50. The van der Waals surface area contributed by atoms with Crippen LogP contribution < -0.4 is 10.6 Å². The number of rotatable bonds is 2. The minimum atomic E-state index is -0.334. The van der Waals surface area contributed by atoms with Gasteiger partial charge in [0, 0.05) is 12.8 Å². The van der Waals surface area contributed by atoms with Gasteiger partial charge in [0.15, 0.2) is 5.11 Å². The molecule has 1 aromatic rings. The second kappa shape index (κ2) is 4.76. The maximum absolute atomic E-state index is 5.59. The van der Waals surface area contributed by atoms with Gasteiger partial charge in [-0.2, -0.15) is 0 Å². The van der Waals surface area contributed by atoms with E-state index in [1.807, 2.05) is 25.1 Å². The summed E-state index contributed by atoms with van der Waals surface area (Å²) in [5.41, 5.74) is -0.334. The number of hydrogen-bond acceptors (Lipinski definition) is 3. The molecule has 1 fully saturated rings. The highest BCUT2D eigenvalue weighted by Gasteiger charge is 2.30. The first-order valence-electron chi connectivity index (χ1n) is 5.32. The van der Waals surface area contributed by atoms with Crippen molar-refractivity contribution in [3.8, 4) is 0 Å². The number of nitrogens with one attached hydrogen (secondary N) is 2. The molecule has 1 aliphatic rings. The van der Waals surface area contributed by atoms with Gasteiger partial charge in [-0.15, -0.1) is 0 Å². The summed E-state index contributed by atoms with van der Waals surface area (Å²) in [6.45, 7) is 2.79. The van der Waals surface area contributed by atoms with Gasteiger partial charge in [-0.05, 0) is 44.1 Å². The lowest BCUT2D eigenvalue weighted by atomic mass is 10.2. The lowest BCUT2D eigenvalue weighted by Gasteiger charge is -2.26. The van der Waals surface area contributed by atoms with Crippen molar-refractivity contribution in [3.63, 3.8) is 0 Å². The van der Waals surface area contributed by atoms with E-state index in [1.165, 1.54) is 0 Å². The number of aromatic nitrogens is 1. The van der Waals surface area contributed by atoms with Crippen molar-refractivity contribution in [2.45, 2.75) is 25.5 Å². The van der Waals surface area contributed by atoms with Gasteiger partial charge in [0.25, 0.3) is 0 Å². The Morgan fingerprint density at radius 2 is 2.44 bits per heavy atom. The van der Waals surface area contributed by atoms with E-state index in [0.717, 1.165) is 25.3 Å². The summed E-state index contributed by atoms with van der Waals surface area (Å²) < 4.78 is 5.59. The number of anilines is 1. The molecule has 2 rings (SSSR count). The van der Waals surface area contributed by atoms with Gasteiger partial charge in [-0.3, -0.25) is 0 Å². The Balaban J connectivity index is 1.89. The Labute approximate surface area is 100 Å². The average molecular weight is 237 g/mol. The molecule has 2 heterocycles. The molecule has 86 valence electrons. The molecule has 1 aromatic heterocycles. The summed E-state index contributed by atoms with van der Waals surface area (Å²) in [5, 5.41) is 6.73. The smallest absolute Gasteiger partial charge is 0.174 e. The van der Waals surface area contributed by atoms with E-state index in [2.05, 4.69) is 15.6 Å². The van der Waals surface area contributed by atoms with Gasteiger partial charge in [-0.1, -0.05) is 6.07 Å². The Morgan fingerprint density at radius 1 is 1.56 bits per heavy atom. The molecule has 1 atom stereocenters. The maximum atomic E-state index is 5.59. The van der Waals surface area contributed by atoms with E-state index in [0.29, 0.717) is 5.11 Å². The molecule has 2 N–H and O–H groups in total. The molecule has 0 aromatic carbocycles. The molecule has 0 spiro atoms. The molecular weight excluding hydrogens is 222 g/mol. The molecule has 16 heavy (non-hydrogen) atoms. The first-order chi connectivity index (χ1) is 7.68. The molecule has 4 nitrogen and oxygen atoms in total. The lowest BCUT2D eigenvalue weighted by Crippen LogP contribution is -2.47. The Kier molecular flexibility index (Phi) is 3.36. The van der Waals surface area contributed by atoms with Gasteiger partial charge in [0.1, 0.15) is 11.5 Å². The zero-order valence-electron chi connectivity index (χ0n) is 9.19. The third kappa shape index (κ3) is 2.90. The van der Waals surface area contributed by atoms with E-state index < -0.39 is 0 Å². The average Bonchev–Trinajstić information content (AvgIpc) is 2.66. The Bertz CT molecular complexity index is 363. The predicted octanol–water partition coefficient (Wildman–Crippen LogP) is 1.89. The van der Waals surface area contributed by atoms with Crippen LogP contribution in [0, 0.1) is 0 Å². The second-order valence-corrected chi connectivity index (χ2v) is 4.39. The lowest BCUT2D eigenvalue weighted by molar-refractivity contribution is 0.00828. The Morgan fingerprint density at radius 3 is 3.06 bits per heavy atom. The quantitative estimate of drug-likeness (QED) is 0.769. The Hall–Kier alpha value is -1.20. The van der Waals surface area contributed by atoms with Crippen LogP contribution in [0.4, 0.5) is 5.82 Å². The van der Waals surface area contributed by atoms with Crippen molar-refractivity contribution < 1.29 is 4.74 Å². The predicted molar refractivity (Wildman–Crippen MR) is 67.2 cm³/mol. The molecule has 5 heteroatoms. The van der Waals surface area contributed by atoms with Crippen LogP contribution in [0.1, 0.15) is 19.8 Å². The van der Waals surface area contributed by atoms with Crippen LogP contribution in [-0.4, -0.2) is 22.4 Å². The molecule has 1 unspecified atom stereocenters. The van der Waals surface area contributed by atoms with Gasteiger partial charge in [-0.25, -0.2) is 4.98 Å². The molecule has 0 saturated carbocycles. The standard InChI is InChI=1S/C11H15N3OS/c1-11(6-4-8-15-11)14-10(16)13-9-5-2-3-7-12-9/h2-3,5,7H,4,6,8H2,1H3,(H2,12,13,14,16). The number of hydrogen-bond donors (Lipinski definition) is 2. The number of pyridine rings is 1. The zero-order chi connectivity index (χ0) is 11.4. The highest BCUT2D eigenvalue weighted by Crippen LogP contribution is 2.21. The van der Waals surface area contributed by atoms with Gasteiger partial charge < -0.3 is 15.4 Å². The van der Waals surface area contributed by atoms with Crippen LogP contribution in [0.25, 0.3) is 0 Å². The highest BCUT2D eigenvalue weighted by molar-refractivity contribution is 7.80. The summed E-state index contributed by atoms with van der Waals surface area (Å²) in [7, 11) is 0. The van der Waals surface area contributed by atoms with E-state index in [9.17, 15) is 0 Å². The largest absolute Gasteiger partial charge is 0.356 e. The summed E-state index contributed by atoms with van der Waals surface area (Å²) >= 11 is 5.20. The van der Waals surface area contributed by atoms with Crippen molar-refractivity contribution in [1.82, 2.24) is 10.3 Å². The maximum Gasteiger partial charge on any atom is 0.174 e. The van der Waals surface area contributed by atoms with Crippen LogP contribution in [-0.2, 0) is 4.74 Å². The fourth-order valence-corrected chi connectivity index (χ4v) is 2.02. The molecule has 0 amide bonds. The number of nitrogens with zero attached hydrogens (tertiary/aromatic N) is 1. The third-order valence-corrected chi connectivity index (χ3v) is 2.71. The van der Waals surface area contributed by atoms with Crippen molar-refractivity contribution in [3.05, 3.63) is 24.4 Å². The molecule has 1 saturated heterocycles. The molecule has 0 bridgehead atoms. The second-order valence-electron chi connectivity index (χ2n) is 3.98. The minimum Gasteiger partial charge on any atom is -0.356 e. The van der Waals surface area contributed by atoms with Gasteiger partial charge in [0.2, 0.25) is 0 Å². The molecular formula is C11H15N3OS. The van der Waals surface area contributed by atoms with E-state index in [4.69, 9.17) is 17.0 Å². The highest BCUT2D eigenvalue weighted by atomic mass is 32.1. The topological polar surface area (TPSA) is 46.2 Å². The SMILES string of the molecule is CC1(NC(=S)Nc2ccccn2)CCCO1. The van der Waals surface area contributed by atoms with Crippen molar-refractivity contribution in [2.24, 2.45) is 0 Å². The summed E-state index contributed by atoms with van der Waals surface area (Å²) in [4.78, 5) is 4.14. The first-order valence-corrected chi connectivity index (χ1v) is 5.73. The van der Waals surface area contributed by atoms with Crippen LogP contribution in [0.3, 0.4) is 0 Å². The minimum absolute atomic E-state index is 0.334. The van der Waals surface area contributed by atoms with Crippen LogP contribution in [0.15, 0.2) is 24.4 Å². The van der Waals surface area contributed by atoms with Gasteiger partial charge in [0.05, 0.1) is 0 Å². The first kappa shape index (κ1) is 11.3. The summed E-state index contributed by atoms with van der Waals surface area (Å²) in [6, 6.07) is 5.64. The van der Waals surface area contributed by atoms with Gasteiger partial charge >= 0.3 is 0 Å². The summed E-state index contributed by atoms with van der Waals surface area (Å²) in [5.74, 6) is 0.738. The van der Waals surface area contributed by atoms with E-state index >= 15 is 0 Å². The van der Waals surface area contributed by atoms with Crippen molar-refractivity contribution in [1.29, 1.82) is 0 Å². The molecule has 1 aliphatic heterocycles. The monoisotopic (exact) mass is 237 g/mol. The normalized spacial score (nSPS) is 24.1. The molecule has 0 aliphatic carbocycles. The van der Waals surface area contributed by atoms with E-state index in [1.54, 1.807) is 6.20 Å².